The molecule has 0 unspecified atom stereocenters. The minimum Gasteiger partial charge on any atom is -0.358 e. The first-order chi connectivity index (χ1) is 38.6. The lowest BCUT2D eigenvalue weighted by molar-refractivity contribution is 0.0115. The van der Waals surface area contributed by atoms with Gasteiger partial charge < -0.3 is 15.3 Å². The maximum absolute atomic E-state index is 13.9. The van der Waals surface area contributed by atoms with Crippen molar-refractivity contribution in [3.8, 4) is 56.4 Å². The zero-order valence-corrected chi connectivity index (χ0v) is 43.8. The van der Waals surface area contributed by atoms with Crippen molar-refractivity contribution < 1.29 is 13.2 Å². The molecule has 8 aromatic heterocycles. The predicted molar refractivity (Wildman–Crippen MR) is 307 cm³/mol. The quantitative estimate of drug-likeness (QED) is 0.0836. The van der Waals surface area contributed by atoms with Crippen molar-refractivity contribution >= 4 is 55.1 Å². The van der Waals surface area contributed by atoms with Crippen LogP contribution >= 0.6 is 0 Å². The molecule has 17 heteroatoms. The lowest BCUT2D eigenvalue weighted by atomic mass is 9.87. The van der Waals surface area contributed by atoms with E-state index in [1.165, 1.54) is 44.2 Å². The zero-order valence-electron chi connectivity index (χ0n) is 43.8. The third-order valence-corrected chi connectivity index (χ3v) is 14.8. The van der Waals surface area contributed by atoms with Crippen molar-refractivity contribution in [3.05, 3.63) is 170 Å². The van der Waals surface area contributed by atoms with Crippen molar-refractivity contribution in [3.63, 3.8) is 0 Å². The Kier molecular flexibility index (Phi) is 14.0. The first-order valence-electron chi connectivity index (χ1n) is 26.9. The Hall–Kier alpha value is -9.09. The topological polar surface area (TPSA) is 182 Å². The third kappa shape index (κ3) is 10.6. The highest BCUT2D eigenvalue weighted by molar-refractivity contribution is 6.00. The number of rotatable bonds is 11. The molecule has 79 heavy (non-hydrogen) atoms. The molecule has 9 heterocycles. The fourth-order valence-electron chi connectivity index (χ4n) is 10.9. The molecule has 14 rings (SSSR count). The summed E-state index contributed by atoms with van der Waals surface area (Å²) in [6.45, 7) is 8.90. The molecule has 3 aromatic carbocycles. The summed E-state index contributed by atoms with van der Waals surface area (Å²) < 4.78 is 41.2. The smallest absolute Gasteiger partial charge is 0.261 e. The van der Waals surface area contributed by atoms with Crippen molar-refractivity contribution in [1.82, 2.24) is 65.2 Å². The molecule has 11 aromatic rings. The van der Waals surface area contributed by atoms with Crippen LogP contribution in [0.15, 0.2) is 153 Å². The van der Waals surface area contributed by atoms with Crippen LogP contribution in [-0.4, -0.2) is 84.2 Å². The van der Waals surface area contributed by atoms with Crippen LogP contribution in [0, 0.1) is 11.7 Å². The van der Waals surface area contributed by atoms with Crippen LogP contribution in [-0.2, 0) is 6.54 Å². The number of H-pyrrole nitrogens is 4. The number of benzene rings is 3. The van der Waals surface area contributed by atoms with Crippen LogP contribution in [0.1, 0.15) is 69.9 Å². The van der Waals surface area contributed by atoms with Gasteiger partial charge in [0.15, 0.2) is 11.6 Å². The zero-order chi connectivity index (χ0) is 54.0. The molecule has 1 saturated carbocycles. The van der Waals surface area contributed by atoms with Crippen LogP contribution in [0.5, 0.6) is 0 Å². The van der Waals surface area contributed by atoms with Crippen LogP contribution in [0.3, 0.4) is 0 Å². The van der Waals surface area contributed by atoms with Gasteiger partial charge in [-0.15, -0.1) is 0 Å². The highest BCUT2D eigenvalue weighted by Crippen LogP contribution is 2.37. The Balaban J connectivity index is 0.000000153. The standard InChI is InChI=1S/C31H29N7.C29H22F3N7.C2H6/c1-19(20-7-3-2-4-8-20)34-24-13-23(15-32-16-24)22-11-12-27-25(14-22)30(38-37-27)31-35-28-18-33-17-26(29(28)36-31)21-9-5-6-10-21;30-21-3-1-2-19(9-21)23-13-34-14-25-26(23)36-28(35-25)27-22-10-18(4-5-24(22)37-38-27)20-8-17(11-33-12-20)15-39-7-6-29(31,32)16-39;1-2/h5,9-18,20,34H,1-4,6-8H2,(H,35,36)(H,37,38);1-5,8-14H,6-7,15-16H2,(H,35,36)(H,37,38);1-2H3. The molecular weight excluding hydrogens is 998 g/mol. The van der Waals surface area contributed by atoms with Crippen LogP contribution < -0.4 is 5.32 Å². The number of alkyl halides is 2. The number of hydrogen-bond donors (Lipinski definition) is 5. The summed E-state index contributed by atoms with van der Waals surface area (Å²) in [6.07, 6.45) is 28.0. The largest absolute Gasteiger partial charge is 0.358 e. The van der Waals surface area contributed by atoms with Gasteiger partial charge in [-0.25, -0.2) is 23.1 Å². The van der Waals surface area contributed by atoms with Gasteiger partial charge in [0.25, 0.3) is 5.92 Å². The van der Waals surface area contributed by atoms with Crippen LogP contribution in [0.25, 0.3) is 106 Å². The van der Waals surface area contributed by atoms with Gasteiger partial charge in [-0.3, -0.25) is 35.0 Å². The molecule has 1 saturated heterocycles. The molecule has 14 nitrogen and oxygen atoms in total. The summed E-state index contributed by atoms with van der Waals surface area (Å²) in [5.41, 5.74) is 16.8. The number of nitrogens with zero attached hydrogens (tertiary/aromatic N) is 9. The van der Waals surface area contributed by atoms with E-state index >= 15 is 0 Å². The van der Waals surface area contributed by atoms with E-state index in [-0.39, 0.29) is 18.8 Å². The highest BCUT2D eigenvalue weighted by Gasteiger charge is 2.38. The number of aromatic nitrogens is 12. The minimum atomic E-state index is -2.63. The minimum absolute atomic E-state index is 0.109. The number of pyridine rings is 4. The summed E-state index contributed by atoms with van der Waals surface area (Å²) in [4.78, 5) is 35.9. The molecule has 3 aliphatic rings. The monoisotopic (exact) mass is 1050 g/mol. The lowest BCUT2D eigenvalue weighted by Crippen LogP contribution is -2.24. The molecule has 2 fully saturated rings. The second-order valence-corrected chi connectivity index (χ2v) is 20.2. The Morgan fingerprint density at radius 3 is 1.94 bits per heavy atom. The summed E-state index contributed by atoms with van der Waals surface area (Å²) >= 11 is 0. The SMILES string of the molecule is C=C(Nc1cncc(-c2ccc3[nH]nc(-c4nc5c(C6=CCC=C6)cncc5[nH]4)c3c2)c1)C1CCCCC1.CC.Fc1cccc(-c2cncc3[nH]c(-c4n[nH]c5ccc(-c6cncc(CN7CCC(F)(F)C7)c6)cc45)nc23)c1. The first kappa shape index (κ1) is 50.7. The number of allylic oxidation sites excluding steroid dienone is 5. The summed E-state index contributed by atoms with van der Waals surface area (Å²) in [6, 6.07) is 22.7. The van der Waals surface area contributed by atoms with E-state index in [4.69, 9.17) is 9.97 Å². The maximum atomic E-state index is 13.9. The Bertz CT molecular complexity index is 4100. The van der Waals surface area contributed by atoms with Crippen molar-refractivity contribution in [2.24, 2.45) is 5.92 Å². The van der Waals surface area contributed by atoms with Gasteiger partial charge in [-0.2, -0.15) is 10.2 Å². The average molecular weight is 1060 g/mol. The number of aromatic amines is 4. The van der Waals surface area contributed by atoms with Gasteiger partial charge in [0.1, 0.15) is 17.2 Å². The van der Waals surface area contributed by atoms with Crippen LogP contribution in [0.4, 0.5) is 18.9 Å². The van der Waals surface area contributed by atoms with Gasteiger partial charge in [0, 0.05) is 89.2 Å². The molecule has 0 radical (unpaired) electrons. The number of anilines is 1. The number of halogens is 3. The average Bonchev–Trinajstić information content (AvgIpc) is 4.55. The first-order valence-corrected chi connectivity index (χ1v) is 26.9. The fourth-order valence-corrected chi connectivity index (χ4v) is 10.9. The van der Waals surface area contributed by atoms with Gasteiger partial charge >= 0.3 is 0 Å². The van der Waals surface area contributed by atoms with Crippen molar-refractivity contribution in [2.75, 3.05) is 18.4 Å². The molecule has 0 bridgehead atoms. The van der Waals surface area contributed by atoms with E-state index in [2.05, 4.69) is 105 Å². The van der Waals surface area contributed by atoms with E-state index in [0.29, 0.717) is 52.7 Å². The van der Waals surface area contributed by atoms with Gasteiger partial charge in [-0.05, 0) is 102 Å². The number of nitrogens with one attached hydrogen (secondary N) is 5. The second kappa shape index (κ2) is 21.7. The van der Waals surface area contributed by atoms with Gasteiger partial charge in [-0.1, -0.05) is 82.2 Å². The molecule has 5 N–H and O–H groups in total. The van der Waals surface area contributed by atoms with E-state index in [0.717, 1.165) is 101 Å². The van der Waals surface area contributed by atoms with Crippen molar-refractivity contribution in [1.29, 1.82) is 0 Å². The van der Waals surface area contributed by atoms with Gasteiger partial charge in [0.2, 0.25) is 0 Å². The number of hydrogen-bond acceptors (Lipinski definition) is 10. The summed E-state index contributed by atoms with van der Waals surface area (Å²) in [7, 11) is 0. The van der Waals surface area contributed by atoms with E-state index in [1.54, 1.807) is 35.8 Å². The normalized spacial score (nSPS) is 15.3. The van der Waals surface area contributed by atoms with Gasteiger partial charge in [0.05, 0.1) is 63.9 Å². The lowest BCUT2D eigenvalue weighted by Gasteiger charge is -2.24. The molecule has 0 spiro atoms. The maximum Gasteiger partial charge on any atom is 0.261 e. The number of likely N-dealkylation sites (tertiary alicyclic amines) is 1. The molecular formula is C62H57F3N14. The number of fused-ring (bicyclic) bond motifs is 4. The summed E-state index contributed by atoms with van der Waals surface area (Å²) in [5.74, 6) is -1.14. The van der Waals surface area contributed by atoms with E-state index in [1.807, 2.05) is 69.0 Å². The molecule has 2 aliphatic carbocycles. The van der Waals surface area contributed by atoms with Crippen LogP contribution in [0.2, 0.25) is 0 Å². The van der Waals surface area contributed by atoms with E-state index < -0.39 is 5.92 Å². The van der Waals surface area contributed by atoms with Crippen molar-refractivity contribution in [2.45, 2.75) is 71.3 Å². The predicted octanol–water partition coefficient (Wildman–Crippen LogP) is 14.6. The Labute approximate surface area is 453 Å². The molecule has 1 aliphatic heterocycles. The highest BCUT2D eigenvalue weighted by atomic mass is 19.3. The summed E-state index contributed by atoms with van der Waals surface area (Å²) in [5, 5.41) is 20.8. The third-order valence-electron chi connectivity index (χ3n) is 14.8. The number of imidazole rings is 2. The molecule has 0 atom stereocenters. The Morgan fingerprint density at radius 1 is 0.671 bits per heavy atom. The van der Waals surface area contributed by atoms with E-state index in [9.17, 15) is 13.2 Å². The Morgan fingerprint density at radius 2 is 1.30 bits per heavy atom. The second-order valence-electron chi connectivity index (χ2n) is 20.2. The molecule has 0 amide bonds. The molecule has 396 valence electrons. The fraction of sp³-hybridized carbons (Fsp3) is 0.226.